The molecule has 2 unspecified atom stereocenters. The fourth-order valence-electron chi connectivity index (χ4n) is 1.70. The first kappa shape index (κ1) is 12.3. The van der Waals surface area contributed by atoms with E-state index in [9.17, 15) is 18.0 Å². The van der Waals surface area contributed by atoms with Gasteiger partial charge >= 0.3 is 12.1 Å². The standard InChI is InChI=1S/C9H14F3NO2/c1-2-7-6(3-4-15-7)5-13-8(14)9(10,11)12/h6-7H,2-5H2,1H3,(H,13,14). The highest BCUT2D eigenvalue weighted by atomic mass is 19.4. The topological polar surface area (TPSA) is 38.3 Å². The van der Waals surface area contributed by atoms with Crippen LogP contribution in [0.5, 0.6) is 0 Å². The van der Waals surface area contributed by atoms with E-state index >= 15 is 0 Å². The van der Waals surface area contributed by atoms with Crippen LogP contribution in [0, 0.1) is 5.92 Å². The number of ether oxygens (including phenoxy) is 1. The number of carbonyl (C=O) groups excluding carboxylic acids is 1. The van der Waals surface area contributed by atoms with Crippen molar-refractivity contribution < 1.29 is 22.7 Å². The predicted octanol–water partition coefficient (Wildman–Crippen LogP) is 1.48. The number of hydrogen-bond donors (Lipinski definition) is 1. The van der Waals surface area contributed by atoms with Gasteiger partial charge in [-0.05, 0) is 12.8 Å². The third-order valence-electron chi connectivity index (χ3n) is 2.53. The van der Waals surface area contributed by atoms with E-state index in [1.54, 1.807) is 0 Å². The van der Waals surface area contributed by atoms with Crippen LogP contribution in [0.2, 0.25) is 0 Å². The average molecular weight is 225 g/mol. The van der Waals surface area contributed by atoms with Gasteiger partial charge in [-0.25, -0.2) is 0 Å². The van der Waals surface area contributed by atoms with Gasteiger partial charge in [-0.15, -0.1) is 0 Å². The molecular weight excluding hydrogens is 211 g/mol. The molecule has 1 N–H and O–H groups in total. The predicted molar refractivity (Wildman–Crippen MR) is 47.2 cm³/mol. The van der Waals surface area contributed by atoms with Gasteiger partial charge in [-0.2, -0.15) is 13.2 Å². The highest BCUT2D eigenvalue weighted by Crippen LogP contribution is 2.23. The van der Waals surface area contributed by atoms with Crippen LogP contribution in [-0.2, 0) is 9.53 Å². The van der Waals surface area contributed by atoms with Gasteiger partial charge in [0.25, 0.3) is 0 Å². The number of amides is 1. The van der Waals surface area contributed by atoms with Crippen molar-refractivity contribution in [3.05, 3.63) is 0 Å². The van der Waals surface area contributed by atoms with E-state index in [2.05, 4.69) is 0 Å². The van der Waals surface area contributed by atoms with Crippen LogP contribution in [0.1, 0.15) is 19.8 Å². The summed E-state index contributed by atoms with van der Waals surface area (Å²) in [5, 5.41) is 1.88. The van der Waals surface area contributed by atoms with Crippen molar-refractivity contribution in [2.45, 2.75) is 32.0 Å². The Bertz CT molecular complexity index is 230. The summed E-state index contributed by atoms with van der Waals surface area (Å²) in [7, 11) is 0. The minimum Gasteiger partial charge on any atom is -0.378 e. The maximum Gasteiger partial charge on any atom is 0.471 e. The van der Waals surface area contributed by atoms with E-state index in [0.29, 0.717) is 13.0 Å². The summed E-state index contributed by atoms with van der Waals surface area (Å²) in [6.07, 6.45) is -3.36. The van der Waals surface area contributed by atoms with E-state index in [-0.39, 0.29) is 18.6 Å². The normalized spacial score (nSPS) is 26.7. The van der Waals surface area contributed by atoms with E-state index < -0.39 is 12.1 Å². The molecule has 2 atom stereocenters. The Labute approximate surface area is 86.0 Å². The largest absolute Gasteiger partial charge is 0.471 e. The Balaban J connectivity index is 2.34. The Kier molecular flexibility index (Phi) is 3.96. The molecule has 1 rings (SSSR count). The van der Waals surface area contributed by atoms with Crippen molar-refractivity contribution in [1.29, 1.82) is 0 Å². The van der Waals surface area contributed by atoms with Gasteiger partial charge in [0.2, 0.25) is 0 Å². The van der Waals surface area contributed by atoms with Crippen LogP contribution >= 0.6 is 0 Å². The minimum atomic E-state index is -4.79. The minimum absolute atomic E-state index is 0.00120. The van der Waals surface area contributed by atoms with Gasteiger partial charge in [0.05, 0.1) is 6.10 Å². The molecule has 88 valence electrons. The van der Waals surface area contributed by atoms with Crippen molar-refractivity contribution in [3.63, 3.8) is 0 Å². The lowest BCUT2D eigenvalue weighted by molar-refractivity contribution is -0.173. The molecule has 1 amide bonds. The average Bonchev–Trinajstić information content (AvgIpc) is 2.59. The van der Waals surface area contributed by atoms with Gasteiger partial charge in [-0.3, -0.25) is 4.79 Å². The van der Waals surface area contributed by atoms with Crippen molar-refractivity contribution in [2.24, 2.45) is 5.92 Å². The third-order valence-corrected chi connectivity index (χ3v) is 2.53. The SMILES string of the molecule is CCC1OCCC1CNC(=O)C(F)(F)F. The zero-order chi connectivity index (χ0) is 11.5. The molecule has 15 heavy (non-hydrogen) atoms. The van der Waals surface area contributed by atoms with Crippen molar-refractivity contribution in [2.75, 3.05) is 13.2 Å². The van der Waals surface area contributed by atoms with Gasteiger partial charge < -0.3 is 10.1 Å². The molecule has 0 aromatic heterocycles. The summed E-state index contributed by atoms with van der Waals surface area (Å²) in [5.74, 6) is -1.87. The van der Waals surface area contributed by atoms with Crippen LogP contribution in [0.25, 0.3) is 0 Å². The molecule has 1 aliphatic rings. The summed E-state index contributed by atoms with van der Waals surface area (Å²) in [6.45, 7) is 2.51. The highest BCUT2D eigenvalue weighted by molar-refractivity contribution is 5.81. The lowest BCUT2D eigenvalue weighted by Crippen LogP contribution is -2.40. The van der Waals surface area contributed by atoms with E-state index in [1.165, 1.54) is 0 Å². The third kappa shape index (κ3) is 3.37. The molecule has 0 radical (unpaired) electrons. The van der Waals surface area contributed by atoms with Crippen molar-refractivity contribution in [1.82, 2.24) is 5.32 Å². The van der Waals surface area contributed by atoms with Crippen LogP contribution < -0.4 is 5.32 Å². The van der Waals surface area contributed by atoms with Crippen LogP contribution in [0.4, 0.5) is 13.2 Å². The maximum atomic E-state index is 11.9. The zero-order valence-electron chi connectivity index (χ0n) is 8.43. The molecule has 1 aliphatic heterocycles. The fraction of sp³-hybridized carbons (Fsp3) is 0.889. The lowest BCUT2D eigenvalue weighted by atomic mass is 10.00. The molecule has 6 heteroatoms. The Morgan fingerprint density at radius 3 is 2.73 bits per heavy atom. The molecule has 1 fully saturated rings. The summed E-state index contributed by atoms with van der Waals surface area (Å²) >= 11 is 0. The number of hydrogen-bond acceptors (Lipinski definition) is 2. The summed E-state index contributed by atoms with van der Waals surface area (Å²) in [4.78, 5) is 10.5. The van der Waals surface area contributed by atoms with E-state index in [1.807, 2.05) is 12.2 Å². The van der Waals surface area contributed by atoms with Gasteiger partial charge in [-0.1, -0.05) is 6.92 Å². The van der Waals surface area contributed by atoms with E-state index in [4.69, 9.17) is 4.74 Å². The van der Waals surface area contributed by atoms with Crippen molar-refractivity contribution >= 4 is 5.91 Å². The molecule has 0 spiro atoms. The Morgan fingerprint density at radius 2 is 2.20 bits per heavy atom. The molecule has 0 bridgehead atoms. The van der Waals surface area contributed by atoms with E-state index in [0.717, 1.165) is 6.42 Å². The second kappa shape index (κ2) is 4.83. The van der Waals surface area contributed by atoms with Crippen LogP contribution in [0.3, 0.4) is 0 Å². The number of carbonyl (C=O) groups is 1. The smallest absolute Gasteiger partial charge is 0.378 e. The Morgan fingerprint density at radius 1 is 1.53 bits per heavy atom. The molecular formula is C9H14F3NO2. The first-order valence-corrected chi connectivity index (χ1v) is 4.91. The van der Waals surface area contributed by atoms with Gasteiger partial charge in [0.1, 0.15) is 0 Å². The molecule has 0 aromatic carbocycles. The van der Waals surface area contributed by atoms with Crippen LogP contribution in [0.15, 0.2) is 0 Å². The molecule has 0 saturated carbocycles. The first-order chi connectivity index (χ1) is 6.95. The highest BCUT2D eigenvalue weighted by Gasteiger charge is 2.39. The number of halogens is 3. The zero-order valence-corrected chi connectivity index (χ0v) is 8.43. The monoisotopic (exact) mass is 225 g/mol. The maximum absolute atomic E-state index is 11.9. The summed E-state index contributed by atoms with van der Waals surface area (Å²) in [5.41, 5.74) is 0. The first-order valence-electron chi connectivity index (χ1n) is 4.91. The molecule has 3 nitrogen and oxygen atoms in total. The molecule has 0 aromatic rings. The van der Waals surface area contributed by atoms with Crippen LogP contribution in [-0.4, -0.2) is 31.3 Å². The second-order valence-electron chi connectivity index (χ2n) is 3.57. The molecule has 1 heterocycles. The fourth-order valence-corrected chi connectivity index (χ4v) is 1.70. The molecule has 0 aliphatic carbocycles. The summed E-state index contributed by atoms with van der Waals surface area (Å²) < 4.78 is 40.9. The second-order valence-corrected chi connectivity index (χ2v) is 3.57. The number of nitrogens with one attached hydrogen (secondary N) is 1. The quantitative estimate of drug-likeness (QED) is 0.790. The van der Waals surface area contributed by atoms with Crippen molar-refractivity contribution in [3.8, 4) is 0 Å². The van der Waals surface area contributed by atoms with Gasteiger partial charge in [0.15, 0.2) is 0 Å². The van der Waals surface area contributed by atoms with Gasteiger partial charge in [0, 0.05) is 19.1 Å². The molecule has 1 saturated heterocycles. The lowest BCUT2D eigenvalue weighted by Gasteiger charge is -2.17. The number of alkyl halides is 3. The number of rotatable bonds is 3. The summed E-state index contributed by atoms with van der Waals surface area (Å²) in [6, 6.07) is 0. The Hall–Kier alpha value is -0.780.